The first-order valence-electron chi connectivity index (χ1n) is 6.22. The van der Waals surface area contributed by atoms with Crippen LogP contribution in [0.1, 0.15) is 11.7 Å². The van der Waals surface area contributed by atoms with E-state index in [4.69, 9.17) is 4.52 Å². The fourth-order valence-corrected chi connectivity index (χ4v) is 1.79. The predicted octanol–water partition coefficient (Wildman–Crippen LogP) is 0.378. The van der Waals surface area contributed by atoms with Gasteiger partial charge in [0, 0.05) is 13.0 Å². The summed E-state index contributed by atoms with van der Waals surface area (Å²) in [7, 11) is 0. The Labute approximate surface area is 114 Å². The zero-order valence-electron chi connectivity index (χ0n) is 10.7. The van der Waals surface area contributed by atoms with Crippen LogP contribution >= 0.6 is 0 Å². The lowest BCUT2D eigenvalue weighted by atomic mass is 10.3. The maximum absolute atomic E-state index is 4.92. The van der Waals surface area contributed by atoms with E-state index in [1.54, 1.807) is 4.68 Å². The Bertz CT molecular complexity index is 635. The SMILES string of the molecule is c1ccc(-n2nnnc2CNCCc2ncno2)cc1. The standard InChI is InChI=1S/C12H13N7O/c1-2-4-10(5-3-1)19-11(16-17-18-19)8-13-7-6-12-14-9-15-20-12/h1-5,9,13H,6-8H2. The molecule has 20 heavy (non-hydrogen) atoms. The monoisotopic (exact) mass is 271 g/mol. The molecule has 0 atom stereocenters. The second-order valence-corrected chi connectivity index (χ2v) is 4.10. The number of aromatic nitrogens is 6. The number of hydrogen-bond donors (Lipinski definition) is 1. The molecule has 0 bridgehead atoms. The van der Waals surface area contributed by atoms with E-state index >= 15 is 0 Å². The summed E-state index contributed by atoms with van der Waals surface area (Å²) >= 11 is 0. The third kappa shape index (κ3) is 2.86. The number of para-hydroxylation sites is 1. The maximum Gasteiger partial charge on any atom is 0.227 e. The van der Waals surface area contributed by atoms with Crippen LogP contribution in [0.25, 0.3) is 5.69 Å². The molecule has 0 spiro atoms. The summed E-state index contributed by atoms with van der Waals surface area (Å²) in [4.78, 5) is 3.95. The quantitative estimate of drug-likeness (QED) is 0.647. The maximum atomic E-state index is 4.92. The van der Waals surface area contributed by atoms with Gasteiger partial charge in [-0.3, -0.25) is 0 Å². The highest BCUT2D eigenvalue weighted by molar-refractivity contribution is 5.30. The Hall–Kier alpha value is -2.61. The zero-order valence-corrected chi connectivity index (χ0v) is 10.7. The molecule has 2 heterocycles. The summed E-state index contributed by atoms with van der Waals surface area (Å²) in [6, 6.07) is 9.76. The van der Waals surface area contributed by atoms with Gasteiger partial charge in [-0.05, 0) is 22.6 Å². The molecular formula is C12H13N7O. The van der Waals surface area contributed by atoms with Crippen molar-refractivity contribution in [2.24, 2.45) is 0 Å². The van der Waals surface area contributed by atoms with Crippen LogP contribution in [0.2, 0.25) is 0 Å². The van der Waals surface area contributed by atoms with E-state index in [0.717, 1.165) is 11.5 Å². The predicted molar refractivity (Wildman–Crippen MR) is 68.9 cm³/mol. The van der Waals surface area contributed by atoms with E-state index in [9.17, 15) is 0 Å². The molecule has 1 aromatic carbocycles. The lowest BCUT2D eigenvalue weighted by Gasteiger charge is -2.04. The molecule has 0 unspecified atom stereocenters. The van der Waals surface area contributed by atoms with Crippen LogP contribution in [-0.2, 0) is 13.0 Å². The topological polar surface area (TPSA) is 94.6 Å². The van der Waals surface area contributed by atoms with Crippen LogP contribution in [0.5, 0.6) is 0 Å². The fraction of sp³-hybridized carbons (Fsp3) is 0.250. The van der Waals surface area contributed by atoms with Crippen molar-refractivity contribution < 1.29 is 4.52 Å². The van der Waals surface area contributed by atoms with Crippen molar-refractivity contribution in [2.75, 3.05) is 6.54 Å². The van der Waals surface area contributed by atoms with Crippen LogP contribution in [0, 0.1) is 0 Å². The summed E-state index contributed by atoms with van der Waals surface area (Å²) < 4.78 is 6.63. The molecule has 0 saturated heterocycles. The van der Waals surface area contributed by atoms with Gasteiger partial charge in [0.1, 0.15) is 0 Å². The van der Waals surface area contributed by atoms with Crippen molar-refractivity contribution in [1.82, 2.24) is 35.7 Å². The number of tetrazole rings is 1. The smallest absolute Gasteiger partial charge is 0.227 e. The van der Waals surface area contributed by atoms with Crippen molar-refractivity contribution in [3.8, 4) is 5.69 Å². The molecule has 3 rings (SSSR count). The molecule has 0 aliphatic heterocycles. The lowest BCUT2D eigenvalue weighted by Crippen LogP contribution is -2.19. The largest absolute Gasteiger partial charge is 0.340 e. The van der Waals surface area contributed by atoms with Gasteiger partial charge in [-0.25, -0.2) is 0 Å². The Morgan fingerprint density at radius 2 is 2.10 bits per heavy atom. The van der Waals surface area contributed by atoms with Crippen molar-refractivity contribution in [3.05, 3.63) is 48.4 Å². The molecule has 0 saturated carbocycles. The van der Waals surface area contributed by atoms with Gasteiger partial charge >= 0.3 is 0 Å². The number of nitrogens with one attached hydrogen (secondary N) is 1. The Morgan fingerprint density at radius 3 is 2.90 bits per heavy atom. The summed E-state index contributed by atoms with van der Waals surface area (Å²) in [5.41, 5.74) is 0.936. The van der Waals surface area contributed by atoms with Crippen LogP contribution in [0.4, 0.5) is 0 Å². The first-order valence-corrected chi connectivity index (χ1v) is 6.22. The second kappa shape index (κ2) is 6.02. The van der Waals surface area contributed by atoms with Crippen molar-refractivity contribution in [1.29, 1.82) is 0 Å². The first kappa shape index (κ1) is 12.4. The Kier molecular flexibility index (Phi) is 3.74. The van der Waals surface area contributed by atoms with Crippen molar-refractivity contribution in [2.45, 2.75) is 13.0 Å². The number of nitrogens with zero attached hydrogens (tertiary/aromatic N) is 6. The average molecular weight is 271 g/mol. The molecule has 0 aliphatic carbocycles. The molecule has 1 N–H and O–H groups in total. The first-order chi connectivity index (χ1) is 9.93. The second-order valence-electron chi connectivity index (χ2n) is 4.10. The number of rotatable bonds is 6. The van der Waals surface area contributed by atoms with Crippen molar-refractivity contribution >= 4 is 0 Å². The van der Waals surface area contributed by atoms with Crippen LogP contribution in [0.15, 0.2) is 41.2 Å². The molecule has 3 aromatic rings. The molecule has 0 aliphatic rings. The fourth-order valence-electron chi connectivity index (χ4n) is 1.79. The van der Waals surface area contributed by atoms with Gasteiger partial charge in [0.05, 0.1) is 12.2 Å². The third-order valence-electron chi connectivity index (χ3n) is 2.74. The highest BCUT2D eigenvalue weighted by Crippen LogP contribution is 2.06. The van der Waals surface area contributed by atoms with E-state index in [0.29, 0.717) is 25.4 Å². The van der Waals surface area contributed by atoms with Gasteiger partial charge < -0.3 is 9.84 Å². The van der Waals surface area contributed by atoms with Gasteiger partial charge in [-0.1, -0.05) is 23.4 Å². The van der Waals surface area contributed by atoms with Crippen molar-refractivity contribution in [3.63, 3.8) is 0 Å². The third-order valence-corrected chi connectivity index (χ3v) is 2.74. The van der Waals surface area contributed by atoms with Crippen LogP contribution in [0.3, 0.4) is 0 Å². The van der Waals surface area contributed by atoms with Gasteiger partial charge in [0.15, 0.2) is 12.2 Å². The van der Waals surface area contributed by atoms with Crippen LogP contribution in [-0.4, -0.2) is 36.9 Å². The van der Waals surface area contributed by atoms with Gasteiger partial charge in [-0.2, -0.15) is 9.67 Å². The Morgan fingerprint density at radius 1 is 1.20 bits per heavy atom. The average Bonchev–Trinajstić information content (AvgIpc) is 3.16. The molecule has 8 nitrogen and oxygen atoms in total. The molecule has 0 radical (unpaired) electrons. The van der Waals surface area contributed by atoms with Gasteiger partial charge in [0.25, 0.3) is 0 Å². The van der Waals surface area contributed by atoms with E-state index in [2.05, 4.69) is 31.0 Å². The summed E-state index contributed by atoms with van der Waals surface area (Å²) in [5.74, 6) is 1.36. The van der Waals surface area contributed by atoms with E-state index in [1.165, 1.54) is 6.33 Å². The lowest BCUT2D eigenvalue weighted by molar-refractivity contribution is 0.374. The molecule has 2 aromatic heterocycles. The minimum atomic E-state index is 0.566. The summed E-state index contributed by atoms with van der Waals surface area (Å²) in [6.45, 7) is 1.28. The molecule has 102 valence electrons. The summed E-state index contributed by atoms with van der Waals surface area (Å²) in [6.07, 6.45) is 2.07. The molecule has 0 fully saturated rings. The van der Waals surface area contributed by atoms with Gasteiger partial charge in [-0.15, -0.1) is 5.10 Å². The number of benzene rings is 1. The minimum Gasteiger partial charge on any atom is -0.340 e. The Balaban J connectivity index is 1.57. The molecular weight excluding hydrogens is 258 g/mol. The van der Waals surface area contributed by atoms with Crippen LogP contribution < -0.4 is 5.32 Å². The minimum absolute atomic E-state index is 0.566. The van der Waals surface area contributed by atoms with E-state index < -0.39 is 0 Å². The van der Waals surface area contributed by atoms with Gasteiger partial charge in [0.2, 0.25) is 5.89 Å². The number of hydrogen-bond acceptors (Lipinski definition) is 7. The zero-order chi connectivity index (χ0) is 13.6. The van der Waals surface area contributed by atoms with E-state index in [-0.39, 0.29) is 0 Å². The highest BCUT2D eigenvalue weighted by Gasteiger charge is 2.07. The molecule has 8 heteroatoms. The highest BCUT2D eigenvalue weighted by atomic mass is 16.5. The molecule has 0 amide bonds. The normalized spacial score (nSPS) is 10.8. The van der Waals surface area contributed by atoms with E-state index in [1.807, 2.05) is 30.3 Å². The summed E-state index contributed by atoms with van der Waals surface area (Å²) in [5, 5.41) is 18.5.